The van der Waals surface area contributed by atoms with Crippen molar-refractivity contribution in [3.05, 3.63) is 45.4 Å². The fourth-order valence-electron chi connectivity index (χ4n) is 1.89. The van der Waals surface area contributed by atoms with Crippen LogP contribution in [0.4, 0.5) is 0 Å². The van der Waals surface area contributed by atoms with Gasteiger partial charge in [0.05, 0.1) is 6.10 Å². The average Bonchev–Trinajstić information content (AvgIpc) is 2.79. The Morgan fingerprint density at radius 2 is 2.10 bits per heavy atom. The summed E-state index contributed by atoms with van der Waals surface area (Å²) in [4.78, 5) is 1.38. The average molecular weight is 442 g/mol. The Morgan fingerprint density at radius 1 is 1.38 bits per heavy atom. The number of thiophene rings is 1. The number of rotatable bonds is 5. The molecule has 4 radical (unpaired) electrons. The molecule has 110 valence electrons. The molecule has 2 aromatic rings. The van der Waals surface area contributed by atoms with Crippen molar-refractivity contribution < 1.29 is 4.43 Å². The Labute approximate surface area is 149 Å². The number of hydrogen-bond donors (Lipinski definition) is 0. The lowest BCUT2D eigenvalue weighted by atomic mass is 10.2. The van der Waals surface area contributed by atoms with Crippen molar-refractivity contribution in [1.82, 2.24) is 0 Å². The van der Waals surface area contributed by atoms with E-state index in [9.17, 15) is 0 Å². The molecule has 0 amide bonds. The predicted octanol–water partition coefficient (Wildman–Crippen LogP) is 5.23. The second-order valence-electron chi connectivity index (χ2n) is 6.01. The first-order valence-corrected chi connectivity index (χ1v) is 11.9. The van der Waals surface area contributed by atoms with Gasteiger partial charge in [-0.05, 0) is 26.6 Å². The Morgan fingerprint density at radius 3 is 2.71 bits per heavy atom. The van der Waals surface area contributed by atoms with E-state index in [0.29, 0.717) is 0 Å². The summed E-state index contributed by atoms with van der Waals surface area (Å²) < 4.78 is 9.69. The molecule has 1 aromatic heterocycles. The number of fused-ring (bicyclic) bond motifs is 1. The van der Waals surface area contributed by atoms with Gasteiger partial charge in [0.15, 0.2) is 8.56 Å². The summed E-state index contributed by atoms with van der Waals surface area (Å²) in [6, 6.07) is 10.8. The minimum absolute atomic E-state index is 0.139. The molecule has 0 aliphatic rings. The molecule has 0 saturated heterocycles. The molecule has 1 aromatic carbocycles. The fraction of sp³-hybridized carbons (Fsp3) is 0.375. The molecule has 0 aliphatic heterocycles. The van der Waals surface area contributed by atoms with Crippen molar-refractivity contribution in [2.75, 3.05) is 0 Å². The van der Waals surface area contributed by atoms with E-state index < -0.39 is 8.56 Å². The van der Waals surface area contributed by atoms with E-state index in [2.05, 4.69) is 93.6 Å². The minimum atomic E-state index is -1.02. The molecule has 1 atom stereocenters. The topological polar surface area (TPSA) is 9.23 Å². The number of benzene rings is 1. The van der Waals surface area contributed by atoms with E-state index in [1.807, 2.05) is 11.3 Å². The molecule has 1 nitrogen and oxygen atoms in total. The van der Waals surface area contributed by atoms with Crippen LogP contribution in [-0.4, -0.2) is 24.4 Å². The van der Waals surface area contributed by atoms with Gasteiger partial charge in [-0.25, -0.2) is 0 Å². The van der Waals surface area contributed by atoms with E-state index in [-0.39, 0.29) is 11.1 Å². The molecular formula is C16H19IOSSi2. The molecule has 0 saturated carbocycles. The smallest absolute Gasteiger partial charge is 0.193 e. The largest absolute Gasteiger partial charge is 0.414 e. The third-order valence-electron chi connectivity index (χ3n) is 3.12. The van der Waals surface area contributed by atoms with Gasteiger partial charge in [-0.2, -0.15) is 0 Å². The van der Waals surface area contributed by atoms with Gasteiger partial charge in [0.1, 0.15) is 0 Å². The highest BCUT2D eigenvalue weighted by Gasteiger charge is 2.26. The van der Waals surface area contributed by atoms with Gasteiger partial charge >= 0.3 is 0 Å². The summed E-state index contributed by atoms with van der Waals surface area (Å²) >= 11 is 4.13. The molecule has 1 unspecified atom stereocenters. The van der Waals surface area contributed by atoms with Crippen LogP contribution in [0.2, 0.25) is 5.04 Å². The molecule has 5 heteroatoms. The van der Waals surface area contributed by atoms with Gasteiger partial charge in [-0.15, -0.1) is 11.3 Å². The Bertz CT molecular complexity index is 585. The van der Waals surface area contributed by atoms with Crippen molar-refractivity contribution >= 4 is 62.3 Å². The van der Waals surface area contributed by atoms with Crippen LogP contribution in [0.5, 0.6) is 0 Å². The van der Waals surface area contributed by atoms with Crippen molar-refractivity contribution in [2.45, 2.75) is 38.3 Å². The highest BCUT2D eigenvalue weighted by Crippen LogP contribution is 2.29. The van der Waals surface area contributed by atoms with Gasteiger partial charge in [-0.1, -0.05) is 67.6 Å². The molecule has 0 N–H and O–H groups in total. The van der Waals surface area contributed by atoms with E-state index in [1.54, 1.807) is 0 Å². The van der Waals surface area contributed by atoms with E-state index >= 15 is 0 Å². The van der Waals surface area contributed by atoms with Gasteiger partial charge in [0.2, 0.25) is 0 Å². The van der Waals surface area contributed by atoms with Crippen LogP contribution < -0.4 is 0 Å². The maximum absolute atomic E-state index is 6.29. The van der Waals surface area contributed by atoms with Gasteiger partial charge in [0, 0.05) is 25.8 Å². The fourth-order valence-corrected chi connectivity index (χ4v) is 4.74. The zero-order valence-corrected chi connectivity index (χ0v) is 17.5. The lowest BCUT2D eigenvalue weighted by Gasteiger charge is -2.28. The van der Waals surface area contributed by atoms with Crippen LogP contribution in [0.3, 0.4) is 0 Å². The summed E-state index contributed by atoms with van der Waals surface area (Å²) in [6.45, 7) is 6.66. The second kappa shape index (κ2) is 7.54. The molecule has 1 heterocycles. The summed E-state index contributed by atoms with van der Waals surface area (Å²) in [7, 11) is 2.80. The van der Waals surface area contributed by atoms with E-state index in [0.717, 1.165) is 6.42 Å². The minimum Gasteiger partial charge on any atom is -0.414 e. The highest BCUT2D eigenvalue weighted by molar-refractivity contribution is 14.1. The molecule has 21 heavy (non-hydrogen) atoms. The van der Waals surface area contributed by atoms with Gasteiger partial charge in [-0.3, -0.25) is 0 Å². The normalized spacial score (nSPS) is 14.4. The third kappa shape index (κ3) is 5.02. The lowest BCUT2D eigenvalue weighted by molar-refractivity contribution is 0.248. The van der Waals surface area contributed by atoms with Gasteiger partial charge < -0.3 is 4.43 Å². The molecular weight excluding hydrogens is 423 g/mol. The lowest BCUT2D eigenvalue weighted by Crippen LogP contribution is -2.34. The van der Waals surface area contributed by atoms with Crippen molar-refractivity contribution in [3.63, 3.8) is 0 Å². The van der Waals surface area contributed by atoms with E-state index in [1.165, 1.54) is 15.0 Å². The summed E-state index contributed by atoms with van der Waals surface area (Å²) in [5.41, 5.74) is 0. The molecule has 2 rings (SSSR count). The maximum Gasteiger partial charge on any atom is 0.193 e. The third-order valence-corrected chi connectivity index (χ3v) is 9.17. The first-order valence-electron chi connectivity index (χ1n) is 6.90. The number of hydrogen-bond acceptors (Lipinski definition) is 2. The standard InChI is InChI=1S/C16H19IOSSi2/c1-16(2,3)21(20)18-13(8-9-17)11-14-10-12-6-4-5-7-15(12)19-14/h4-10,13H,11H2,1-3H3. The monoisotopic (exact) mass is 442 g/mol. The van der Waals surface area contributed by atoms with Crippen LogP contribution in [0.25, 0.3) is 10.1 Å². The van der Waals surface area contributed by atoms with Crippen molar-refractivity contribution in [2.24, 2.45) is 0 Å². The van der Waals surface area contributed by atoms with Crippen LogP contribution in [0, 0.1) is 0 Å². The van der Waals surface area contributed by atoms with Crippen LogP contribution in [0.15, 0.2) is 40.5 Å². The van der Waals surface area contributed by atoms with Gasteiger partial charge in [0.25, 0.3) is 0 Å². The maximum atomic E-state index is 6.29. The quantitative estimate of drug-likeness (QED) is 0.455. The molecule has 0 bridgehead atoms. The van der Waals surface area contributed by atoms with Crippen LogP contribution in [-0.2, 0) is 10.8 Å². The zero-order chi connectivity index (χ0) is 15.5. The first-order chi connectivity index (χ1) is 9.90. The summed E-state index contributed by atoms with van der Waals surface area (Å²) in [5, 5.41) is 1.51. The predicted molar refractivity (Wildman–Crippen MR) is 105 cm³/mol. The molecule has 0 spiro atoms. The summed E-state index contributed by atoms with van der Waals surface area (Å²) in [5.74, 6) is 0. The Hall–Kier alpha value is 0.0438. The molecule has 0 fully saturated rings. The number of halogens is 1. The molecule has 0 aliphatic carbocycles. The Kier molecular flexibility index (Phi) is 6.25. The summed E-state index contributed by atoms with van der Waals surface area (Å²) in [6.07, 6.45) is 3.23. The van der Waals surface area contributed by atoms with Crippen LogP contribution >= 0.6 is 33.9 Å². The van der Waals surface area contributed by atoms with Crippen LogP contribution in [0.1, 0.15) is 25.6 Å². The van der Waals surface area contributed by atoms with Crippen molar-refractivity contribution in [1.29, 1.82) is 0 Å². The second-order valence-corrected chi connectivity index (χ2v) is 11.7. The zero-order valence-electron chi connectivity index (χ0n) is 12.5. The first kappa shape index (κ1) is 17.4. The SMILES string of the molecule is CC(C)(C)[Si]([Si])OC(C=CI)Cc1cc2ccccc2s1. The highest BCUT2D eigenvalue weighted by atomic mass is 127. The Balaban J connectivity index is 2.12. The van der Waals surface area contributed by atoms with E-state index in [4.69, 9.17) is 4.43 Å². The van der Waals surface area contributed by atoms with Crippen molar-refractivity contribution in [3.8, 4) is 0 Å².